The van der Waals surface area contributed by atoms with Gasteiger partial charge in [0.1, 0.15) is 10.0 Å². The lowest BCUT2D eigenvalue weighted by Crippen LogP contribution is -1.80. The van der Waals surface area contributed by atoms with Gasteiger partial charge in [0, 0.05) is 11.5 Å². The first-order chi connectivity index (χ1) is 4.34. The van der Waals surface area contributed by atoms with Crippen LogP contribution in [0.2, 0.25) is 4.34 Å². The van der Waals surface area contributed by atoms with E-state index in [1.54, 1.807) is 0 Å². The number of halogens is 1. The van der Waals surface area contributed by atoms with Crippen molar-refractivity contribution < 1.29 is 0 Å². The molecular formula is C4H2ClN3S. The molecule has 0 saturated carbocycles. The zero-order valence-corrected chi connectivity index (χ0v) is 5.91. The molecule has 0 radical (unpaired) electrons. The van der Waals surface area contributed by atoms with E-state index in [2.05, 4.69) is 9.59 Å². The van der Waals surface area contributed by atoms with Gasteiger partial charge in [-0.3, -0.25) is 0 Å². The number of rotatable bonds is 1. The lowest BCUT2D eigenvalue weighted by molar-refractivity contribution is 1.04. The highest BCUT2D eigenvalue weighted by Crippen LogP contribution is 2.16. The average molecular weight is 160 g/mol. The maximum atomic E-state index is 8.19. The molecular weight excluding hydrogens is 158 g/mol. The molecule has 0 aliphatic heterocycles. The Labute approximate surface area is 61.0 Å². The van der Waals surface area contributed by atoms with Crippen molar-refractivity contribution >= 4 is 23.1 Å². The second-order valence-electron chi connectivity index (χ2n) is 1.33. The molecule has 0 aromatic carbocycles. The molecule has 46 valence electrons. The van der Waals surface area contributed by atoms with Crippen molar-refractivity contribution in [3.63, 3.8) is 0 Å². The van der Waals surface area contributed by atoms with Gasteiger partial charge in [-0.2, -0.15) is 5.26 Å². The summed E-state index contributed by atoms with van der Waals surface area (Å²) in [5.74, 6) is 0. The smallest absolute Gasteiger partial charge is 0.138 e. The van der Waals surface area contributed by atoms with Gasteiger partial charge in [-0.25, -0.2) is 0 Å². The van der Waals surface area contributed by atoms with Crippen LogP contribution in [0.15, 0.2) is 0 Å². The zero-order chi connectivity index (χ0) is 6.69. The van der Waals surface area contributed by atoms with Gasteiger partial charge in [-0.15, -0.1) is 5.10 Å². The molecule has 1 rings (SSSR count). The Bertz CT molecular complexity index is 238. The first-order valence-electron chi connectivity index (χ1n) is 2.18. The monoisotopic (exact) mass is 159 g/mol. The van der Waals surface area contributed by atoms with Crippen molar-refractivity contribution in [2.45, 2.75) is 6.42 Å². The third-order valence-corrected chi connectivity index (χ3v) is 1.74. The molecule has 0 aliphatic carbocycles. The summed E-state index contributed by atoms with van der Waals surface area (Å²) in [6.45, 7) is 0. The van der Waals surface area contributed by atoms with E-state index in [1.165, 1.54) is 0 Å². The van der Waals surface area contributed by atoms with E-state index >= 15 is 0 Å². The maximum absolute atomic E-state index is 8.19. The van der Waals surface area contributed by atoms with Crippen molar-refractivity contribution in [3.05, 3.63) is 10.0 Å². The van der Waals surface area contributed by atoms with Gasteiger partial charge < -0.3 is 0 Å². The zero-order valence-electron chi connectivity index (χ0n) is 4.33. The molecule has 1 aromatic rings. The summed E-state index contributed by atoms with van der Waals surface area (Å²) in [6.07, 6.45) is 0.245. The van der Waals surface area contributed by atoms with Gasteiger partial charge in [-0.1, -0.05) is 16.1 Å². The molecule has 0 aliphatic rings. The summed E-state index contributed by atoms with van der Waals surface area (Å²) in [5, 5.41) is 11.8. The van der Waals surface area contributed by atoms with Crippen molar-refractivity contribution in [1.82, 2.24) is 9.59 Å². The van der Waals surface area contributed by atoms with Crippen LogP contribution in [0.1, 0.15) is 5.69 Å². The van der Waals surface area contributed by atoms with Crippen LogP contribution in [0.5, 0.6) is 0 Å². The van der Waals surface area contributed by atoms with E-state index < -0.39 is 0 Å². The van der Waals surface area contributed by atoms with Gasteiger partial charge in [-0.05, 0) is 0 Å². The Morgan fingerprint density at radius 3 is 3.00 bits per heavy atom. The Kier molecular flexibility index (Phi) is 1.98. The average Bonchev–Trinajstić information content (AvgIpc) is 2.18. The number of hydrogen-bond acceptors (Lipinski definition) is 4. The topological polar surface area (TPSA) is 49.6 Å². The van der Waals surface area contributed by atoms with E-state index in [1.807, 2.05) is 6.07 Å². The Morgan fingerprint density at radius 2 is 2.56 bits per heavy atom. The second-order valence-corrected chi connectivity index (χ2v) is 2.68. The minimum absolute atomic E-state index is 0.245. The molecule has 0 bridgehead atoms. The third kappa shape index (κ3) is 1.37. The summed E-state index contributed by atoms with van der Waals surface area (Å²) in [4.78, 5) is 0. The molecule has 0 unspecified atom stereocenters. The number of aromatic nitrogens is 2. The van der Waals surface area contributed by atoms with Crippen LogP contribution in [-0.4, -0.2) is 9.59 Å². The van der Waals surface area contributed by atoms with E-state index in [4.69, 9.17) is 16.9 Å². The lowest BCUT2D eigenvalue weighted by atomic mass is 10.4. The first-order valence-corrected chi connectivity index (χ1v) is 3.33. The molecule has 3 nitrogen and oxygen atoms in total. The van der Waals surface area contributed by atoms with Crippen LogP contribution >= 0.6 is 23.1 Å². The summed E-state index contributed by atoms with van der Waals surface area (Å²) in [5.41, 5.74) is 0.573. The highest BCUT2D eigenvalue weighted by molar-refractivity contribution is 7.10. The predicted octanol–water partition coefficient (Wildman–Crippen LogP) is 1.26. The Morgan fingerprint density at radius 1 is 1.78 bits per heavy atom. The third-order valence-electron chi connectivity index (χ3n) is 0.756. The van der Waals surface area contributed by atoms with Gasteiger partial charge in [0.15, 0.2) is 0 Å². The fourth-order valence-corrected chi connectivity index (χ4v) is 1.00. The summed E-state index contributed by atoms with van der Waals surface area (Å²) < 4.78 is 4.06. The van der Waals surface area contributed by atoms with Crippen LogP contribution in [-0.2, 0) is 6.42 Å². The Hall–Kier alpha value is -0.660. The number of hydrogen-bond donors (Lipinski definition) is 0. The summed E-state index contributed by atoms with van der Waals surface area (Å²) in [6, 6.07) is 1.93. The largest absolute Gasteiger partial charge is 0.198 e. The first kappa shape index (κ1) is 6.46. The van der Waals surface area contributed by atoms with Crippen molar-refractivity contribution in [2.24, 2.45) is 0 Å². The van der Waals surface area contributed by atoms with E-state index in [9.17, 15) is 0 Å². The molecule has 0 N–H and O–H groups in total. The van der Waals surface area contributed by atoms with Crippen molar-refractivity contribution in [3.8, 4) is 6.07 Å². The number of nitrogens with zero attached hydrogens (tertiary/aromatic N) is 3. The molecule has 0 atom stereocenters. The quantitative estimate of drug-likeness (QED) is 0.620. The standard InChI is InChI=1S/C4H2ClN3S/c5-4-3(1-2-6)7-8-9-4/h1H2. The van der Waals surface area contributed by atoms with Crippen LogP contribution in [0.25, 0.3) is 0 Å². The molecule has 0 saturated heterocycles. The molecule has 0 spiro atoms. The van der Waals surface area contributed by atoms with Gasteiger partial charge in [0.25, 0.3) is 0 Å². The van der Waals surface area contributed by atoms with Crippen LogP contribution < -0.4 is 0 Å². The fourth-order valence-electron chi connectivity index (χ4n) is 0.377. The lowest BCUT2D eigenvalue weighted by Gasteiger charge is -1.79. The maximum Gasteiger partial charge on any atom is 0.138 e. The minimum Gasteiger partial charge on any atom is -0.198 e. The molecule has 9 heavy (non-hydrogen) atoms. The highest BCUT2D eigenvalue weighted by atomic mass is 35.5. The van der Waals surface area contributed by atoms with Gasteiger partial charge in [0.2, 0.25) is 0 Å². The van der Waals surface area contributed by atoms with Crippen LogP contribution in [0.4, 0.5) is 0 Å². The molecule has 0 fully saturated rings. The molecule has 0 amide bonds. The second kappa shape index (κ2) is 2.76. The van der Waals surface area contributed by atoms with Crippen molar-refractivity contribution in [2.75, 3.05) is 0 Å². The van der Waals surface area contributed by atoms with Crippen molar-refractivity contribution in [1.29, 1.82) is 5.26 Å². The molecule has 5 heteroatoms. The fraction of sp³-hybridized carbons (Fsp3) is 0.250. The Balaban J connectivity index is 2.84. The van der Waals surface area contributed by atoms with Gasteiger partial charge in [0.05, 0.1) is 12.5 Å². The molecule has 1 heterocycles. The van der Waals surface area contributed by atoms with E-state index in [-0.39, 0.29) is 6.42 Å². The SMILES string of the molecule is N#CCc1nnsc1Cl. The summed E-state index contributed by atoms with van der Waals surface area (Å²) in [7, 11) is 0. The molecule has 1 aromatic heterocycles. The predicted molar refractivity (Wildman–Crippen MR) is 34.2 cm³/mol. The van der Waals surface area contributed by atoms with Crippen LogP contribution in [0.3, 0.4) is 0 Å². The summed E-state index contributed by atoms with van der Waals surface area (Å²) >= 11 is 6.66. The normalized spacial score (nSPS) is 8.89. The van der Waals surface area contributed by atoms with Crippen LogP contribution in [0, 0.1) is 11.3 Å². The van der Waals surface area contributed by atoms with E-state index in [0.717, 1.165) is 11.5 Å². The van der Waals surface area contributed by atoms with Gasteiger partial charge >= 0.3 is 0 Å². The highest BCUT2D eigenvalue weighted by Gasteiger charge is 2.02. The van der Waals surface area contributed by atoms with E-state index in [0.29, 0.717) is 10.0 Å². The minimum atomic E-state index is 0.245. The number of nitriles is 1.